The molecule has 3 rings (SSSR count). The largest absolute Gasteiger partial charge is 0.497 e. The minimum Gasteiger partial charge on any atom is -0.497 e. The van der Waals surface area contributed by atoms with Crippen molar-refractivity contribution < 1.29 is 24.1 Å². The van der Waals surface area contributed by atoms with Crippen LogP contribution >= 0.6 is 0 Å². The number of methoxy groups -OCH3 is 2. The van der Waals surface area contributed by atoms with Gasteiger partial charge in [0.05, 0.1) is 20.8 Å². The molecule has 0 aliphatic carbocycles. The summed E-state index contributed by atoms with van der Waals surface area (Å²) >= 11 is 0. The molecule has 2 aromatic carbocycles. The third-order valence-corrected chi connectivity index (χ3v) is 3.44. The fourth-order valence-electron chi connectivity index (χ4n) is 2.43. The van der Waals surface area contributed by atoms with Gasteiger partial charge in [-0.1, -0.05) is 6.07 Å². The second-order valence-electron chi connectivity index (χ2n) is 4.59. The van der Waals surface area contributed by atoms with Gasteiger partial charge in [-0.2, -0.15) is 0 Å². The molecule has 0 unspecified atom stereocenters. The zero-order valence-electron chi connectivity index (χ0n) is 11.9. The maximum atomic E-state index is 9.65. The summed E-state index contributed by atoms with van der Waals surface area (Å²) < 4.78 is 21.4. The fourth-order valence-corrected chi connectivity index (χ4v) is 2.43. The molecule has 0 saturated carbocycles. The van der Waals surface area contributed by atoms with Crippen molar-refractivity contribution in [2.24, 2.45) is 0 Å². The van der Waals surface area contributed by atoms with Gasteiger partial charge in [-0.15, -0.1) is 0 Å². The topological polar surface area (TPSA) is 57.2 Å². The number of benzene rings is 2. The molecule has 0 saturated heterocycles. The predicted molar refractivity (Wildman–Crippen MR) is 77.0 cm³/mol. The molecule has 0 radical (unpaired) electrons. The number of hydrogen-bond acceptors (Lipinski definition) is 5. The number of aliphatic hydroxyl groups is 1. The Hall–Kier alpha value is -2.40. The number of fused-ring (bicyclic) bond motifs is 1. The summed E-state index contributed by atoms with van der Waals surface area (Å²) in [6, 6.07) is 9.23. The molecule has 1 N–H and O–H groups in total. The quantitative estimate of drug-likeness (QED) is 0.937. The lowest BCUT2D eigenvalue weighted by molar-refractivity contribution is 0.174. The van der Waals surface area contributed by atoms with E-state index in [1.54, 1.807) is 26.4 Å². The smallest absolute Gasteiger partial charge is 0.231 e. The van der Waals surface area contributed by atoms with E-state index in [2.05, 4.69) is 0 Å². The van der Waals surface area contributed by atoms with Gasteiger partial charge in [-0.25, -0.2) is 0 Å². The van der Waals surface area contributed by atoms with Gasteiger partial charge in [0, 0.05) is 11.6 Å². The predicted octanol–water partition coefficient (Wildman–Crippen LogP) is 2.59. The molecule has 0 bridgehead atoms. The number of aliphatic hydroxyl groups excluding tert-OH is 1. The van der Waals surface area contributed by atoms with Gasteiger partial charge in [-0.05, 0) is 29.3 Å². The molecular weight excluding hydrogens is 272 g/mol. The summed E-state index contributed by atoms with van der Waals surface area (Å²) in [4.78, 5) is 0. The van der Waals surface area contributed by atoms with E-state index in [-0.39, 0.29) is 13.4 Å². The molecule has 0 fully saturated rings. The molecule has 0 aromatic heterocycles. The molecule has 5 nitrogen and oxygen atoms in total. The first-order chi connectivity index (χ1) is 10.3. The Balaban J connectivity index is 2.16. The first kappa shape index (κ1) is 13.6. The molecule has 0 spiro atoms. The highest BCUT2D eigenvalue weighted by Crippen LogP contribution is 2.41. The Morgan fingerprint density at radius 1 is 1.05 bits per heavy atom. The number of rotatable bonds is 4. The van der Waals surface area contributed by atoms with Crippen LogP contribution in [0.15, 0.2) is 30.3 Å². The highest BCUT2D eigenvalue weighted by molar-refractivity contribution is 5.77. The van der Waals surface area contributed by atoms with Crippen molar-refractivity contribution in [3.63, 3.8) is 0 Å². The second-order valence-corrected chi connectivity index (χ2v) is 4.59. The number of hydrogen-bond donors (Lipinski definition) is 1. The molecule has 0 atom stereocenters. The monoisotopic (exact) mass is 288 g/mol. The van der Waals surface area contributed by atoms with Gasteiger partial charge in [-0.3, -0.25) is 0 Å². The molecule has 0 amide bonds. The summed E-state index contributed by atoms with van der Waals surface area (Å²) in [5.74, 6) is 2.68. The van der Waals surface area contributed by atoms with E-state index in [1.807, 2.05) is 18.2 Å². The van der Waals surface area contributed by atoms with Crippen molar-refractivity contribution in [2.75, 3.05) is 21.0 Å². The lowest BCUT2D eigenvalue weighted by Crippen LogP contribution is -1.97. The zero-order valence-corrected chi connectivity index (χ0v) is 11.9. The minimum absolute atomic E-state index is 0.114. The molecule has 2 aromatic rings. The van der Waals surface area contributed by atoms with Gasteiger partial charge >= 0.3 is 0 Å². The Labute approximate surface area is 122 Å². The van der Waals surface area contributed by atoms with Gasteiger partial charge in [0.15, 0.2) is 11.5 Å². The van der Waals surface area contributed by atoms with Gasteiger partial charge < -0.3 is 24.1 Å². The van der Waals surface area contributed by atoms with Crippen molar-refractivity contribution in [1.29, 1.82) is 0 Å². The zero-order chi connectivity index (χ0) is 14.8. The summed E-state index contributed by atoms with van der Waals surface area (Å²) in [5, 5.41) is 9.65. The lowest BCUT2D eigenvalue weighted by Gasteiger charge is -2.15. The normalized spacial score (nSPS) is 12.3. The average Bonchev–Trinajstić information content (AvgIpc) is 3.00. The van der Waals surface area contributed by atoms with E-state index in [0.717, 1.165) is 22.4 Å². The van der Waals surface area contributed by atoms with Crippen LogP contribution in [0.3, 0.4) is 0 Å². The third-order valence-electron chi connectivity index (χ3n) is 3.44. The highest BCUT2D eigenvalue weighted by atomic mass is 16.7. The Bertz CT molecular complexity index is 641. The Kier molecular flexibility index (Phi) is 3.58. The third kappa shape index (κ3) is 2.36. The van der Waals surface area contributed by atoms with Crippen LogP contribution in [0, 0.1) is 0 Å². The van der Waals surface area contributed by atoms with E-state index in [0.29, 0.717) is 17.2 Å². The second kappa shape index (κ2) is 5.54. The van der Waals surface area contributed by atoms with Crippen LogP contribution in [0.2, 0.25) is 0 Å². The Morgan fingerprint density at radius 3 is 2.57 bits per heavy atom. The first-order valence-corrected chi connectivity index (χ1v) is 6.52. The molecule has 110 valence electrons. The van der Waals surface area contributed by atoms with Crippen LogP contribution < -0.4 is 18.9 Å². The maximum absolute atomic E-state index is 9.65. The Morgan fingerprint density at radius 2 is 1.86 bits per heavy atom. The number of ether oxygens (including phenoxy) is 4. The maximum Gasteiger partial charge on any atom is 0.231 e. The van der Waals surface area contributed by atoms with Crippen molar-refractivity contribution in [1.82, 2.24) is 0 Å². The summed E-state index contributed by atoms with van der Waals surface area (Å²) in [6.07, 6.45) is 0. The minimum atomic E-state index is -0.114. The van der Waals surface area contributed by atoms with Crippen molar-refractivity contribution >= 4 is 0 Å². The van der Waals surface area contributed by atoms with Crippen molar-refractivity contribution in [2.45, 2.75) is 6.61 Å². The van der Waals surface area contributed by atoms with Crippen molar-refractivity contribution in [3.8, 4) is 34.1 Å². The van der Waals surface area contributed by atoms with Gasteiger partial charge in [0.1, 0.15) is 11.5 Å². The molecule has 1 aliphatic heterocycles. The molecule has 5 heteroatoms. The van der Waals surface area contributed by atoms with Gasteiger partial charge in [0.2, 0.25) is 6.79 Å². The van der Waals surface area contributed by atoms with E-state index >= 15 is 0 Å². The highest BCUT2D eigenvalue weighted by Gasteiger charge is 2.18. The van der Waals surface area contributed by atoms with Crippen LogP contribution in [0.4, 0.5) is 0 Å². The molecule has 1 heterocycles. The standard InChI is InChI=1S/C16H16O5/c1-18-12-5-11(8-17)16(15(7-12)19-2)10-3-4-13-14(6-10)21-9-20-13/h3-7,17H,8-9H2,1-2H3. The fraction of sp³-hybridized carbons (Fsp3) is 0.250. The summed E-state index contributed by atoms with van der Waals surface area (Å²) in [7, 11) is 3.17. The molecule has 21 heavy (non-hydrogen) atoms. The van der Waals surface area contributed by atoms with Crippen LogP contribution in [0.5, 0.6) is 23.0 Å². The average molecular weight is 288 g/mol. The SMILES string of the molecule is COc1cc(CO)c(-c2ccc3c(c2)OCO3)c(OC)c1. The van der Waals surface area contributed by atoms with E-state index in [9.17, 15) is 5.11 Å². The van der Waals surface area contributed by atoms with E-state index in [4.69, 9.17) is 18.9 Å². The molecular formula is C16H16O5. The van der Waals surface area contributed by atoms with Crippen LogP contribution in [-0.4, -0.2) is 26.1 Å². The van der Waals surface area contributed by atoms with E-state index in [1.165, 1.54) is 0 Å². The van der Waals surface area contributed by atoms with Gasteiger partial charge in [0.25, 0.3) is 0 Å². The first-order valence-electron chi connectivity index (χ1n) is 6.52. The van der Waals surface area contributed by atoms with Crippen molar-refractivity contribution in [3.05, 3.63) is 35.9 Å². The van der Waals surface area contributed by atoms with Crippen LogP contribution in [0.25, 0.3) is 11.1 Å². The summed E-state index contributed by atoms with van der Waals surface area (Å²) in [6.45, 7) is 0.114. The van der Waals surface area contributed by atoms with Crippen LogP contribution in [-0.2, 0) is 6.61 Å². The molecule has 1 aliphatic rings. The van der Waals surface area contributed by atoms with Crippen LogP contribution in [0.1, 0.15) is 5.56 Å². The van der Waals surface area contributed by atoms with E-state index < -0.39 is 0 Å². The summed E-state index contributed by atoms with van der Waals surface area (Å²) in [5.41, 5.74) is 2.44. The lowest BCUT2D eigenvalue weighted by atomic mass is 9.98.